The van der Waals surface area contributed by atoms with Gasteiger partial charge < -0.3 is 26.4 Å². The third-order valence-electron chi connectivity index (χ3n) is 3.37. The molecule has 0 fully saturated rings. The molecule has 0 radical (unpaired) electrons. The molecule has 0 amide bonds. The molecule has 2 aromatic rings. The second-order valence-electron chi connectivity index (χ2n) is 5.35. The van der Waals surface area contributed by atoms with Crippen molar-refractivity contribution < 1.29 is 18.3 Å². The van der Waals surface area contributed by atoms with Crippen LogP contribution >= 0.6 is 0 Å². The van der Waals surface area contributed by atoms with Gasteiger partial charge in [0.15, 0.2) is 17.7 Å². The van der Waals surface area contributed by atoms with E-state index in [1.807, 2.05) is 6.92 Å². The zero-order chi connectivity index (χ0) is 19.3. The van der Waals surface area contributed by atoms with Crippen molar-refractivity contribution in [2.24, 2.45) is 0 Å². The summed E-state index contributed by atoms with van der Waals surface area (Å²) in [5, 5.41) is 20.4. The van der Waals surface area contributed by atoms with E-state index in [1.54, 1.807) is 14.1 Å². The van der Waals surface area contributed by atoms with Crippen LogP contribution in [0.15, 0.2) is 0 Å². The maximum Gasteiger partial charge on any atom is 0.416 e. The number of hydrogen-bond acceptors (Lipinski definition) is 9. The van der Waals surface area contributed by atoms with Gasteiger partial charge in [0.25, 0.3) is 0 Å². The first-order chi connectivity index (χ1) is 12.3. The predicted molar refractivity (Wildman–Crippen MR) is 93.6 cm³/mol. The number of nitrogens with one attached hydrogen (secondary N) is 4. The molecule has 0 saturated heterocycles. The number of hydrogen-bond donors (Lipinski definition) is 5. The zero-order valence-electron chi connectivity index (χ0n) is 14.6. The number of aromatic nitrogens is 4. The molecule has 0 aliphatic rings. The van der Waals surface area contributed by atoms with E-state index < -0.39 is 18.8 Å². The molecule has 2 aromatic heterocycles. The van der Waals surface area contributed by atoms with Crippen LogP contribution in [-0.2, 0) is 0 Å². The van der Waals surface area contributed by atoms with Gasteiger partial charge in [0, 0.05) is 20.6 Å². The molecule has 26 heavy (non-hydrogen) atoms. The summed E-state index contributed by atoms with van der Waals surface area (Å²) < 4.78 is 37.7. The molecule has 0 aliphatic carbocycles. The van der Waals surface area contributed by atoms with Crippen molar-refractivity contribution in [2.45, 2.75) is 25.6 Å². The van der Waals surface area contributed by atoms with E-state index in [-0.39, 0.29) is 23.2 Å². The molecule has 0 saturated carbocycles. The average molecular weight is 374 g/mol. The van der Waals surface area contributed by atoms with Crippen LogP contribution in [0.1, 0.15) is 13.3 Å². The first-order valence-electron chi connectivity index (χ1n) is 7.98. The Morgan fingerprint density at radius 1 is 0.923 bits per heavy atom. The highest BCUT2D eigenvalue weighted by Gasteiger charge is 2.38. The van der Waals surface area contributed by atoms with Gasteiger partial charge >= 0.3 is 6.18 Å². The van der Waals surface area contributed by atoms with Gasteiger partial charge in [0.05, 0.1) is 6.54 Å². The van der Waals surface area contributed by atoms with Crippen LogP contribution in [0.3, 0.4) is 0 Å². The zero-order valence-corrected chi connectivity index (χ0v) is 14.6. The second-order valence-corrected chi connectivity index (χ2v) is 5.35. The van der Waals surface area contributed by atoms with Gasteiger partial charge in [-0.25, -0.2) is 9.97 Å². The molecule has 2 heterocycles. The maximum absolute atomic E-state index is 12.6. The Hall–Kier alpha value is -2.63. The predicted octanol–water partition coefficient (Wildman–Crippen LogP) is 1.66. The summed E-state index contributed by atoms with van der Waals surface area (Å²) in [6.45, 7) is 1.84. The first kappa shape index (κ1) is 19.7. The van der Waals surface area contributed by atoms with E-state index in [0.29, 0.717) is 17.9 Å². The van der Waals surface area contributed by atoms with E-state index in [4.69, 9.17) is 0 Å². The Bertz CT molecular complexity index is 755. The SMILES string of the molecule is CCCNc1nc(NC)nc2c(NCC(O)C(F)(F)F)nc(NC)nc12. The Labute approximate surface area is 147 Å². The molecule has 0 bridgehead atoms. The smallest absolute Gasteiger partial charge is 0.382 e. The first-order valence-corrected chi connectivity index (χ1v) is 7.98. The summed E-state index contributed by atoms with van der Waals surface area (Å²) in [5.41, 5.74) is 0.581. The topological polar surface area (TPSA) is 120 Å². The molecule has 5 N–H and O–H groups in total. The van der Waals surface area contributed by atoms with Crippen molar-refractivity contribution in [1.29, 1.82) is 0 Å². The lowest BCUT2D eigenvalue weighted by atomic mass is 10.3. The van der Waals surface area contributed by atoms with Crippen LogP contribution in [0, 0.1) is 0 Å². The molecular weight excluding hydrogens is 353 g/mol. The van der Waals surface area contributed by atoms with Gasteiger partial charge in [-0.05, 0) is 6.42 Å². The summed E-state index contributed by atoms with van der Waals surface area (Å²) in [4.78, 5) is 16.9. The summed E-state index contributed by atoms with van der Waals surface area (Å²) >= 11 is 0. The van der Waals surface area contributed by atoms with Gasteiger partial charge in [0.1, 0.15) is 11.0 Å². The van der Waals surface area contributed by atoms with Crippen LogP contribution in [0.25, 0.3) is 11.0 Å². The van der Waals surface area contributed by atoms with Crippen LogP contribution in [-0.4, -0.2) is 64.5 Å². The number of nitrogens with zero attached hydrogens (tertiary/aromatic N) is 4. The quantitative estimate of drug-likeness (QED) is 0.470. The average Bonchev–Trinajstić information content (AvgIpc) is 2.62. The summed E-state index contributed by atoms with van der Waals surface area (Å²) in [7, 11) is 3.20. The molecule has 1 atom stereocenters. The van der Waals surface area contributed by atoms with Gasteiger partial charge in [-0.15, -0.1) is 0 Å². The van der Waals surface area contributed by atoms with E-state index in [2.05, 4.69) is 41.2 Å². The standard InChI is InChI=1S/C14H21F3N8O/c1-4-5-20-10-8-9(23-12(18-2)24-10)11(25-13(19-3)22-8)21-6-7(26)14(15,16)17/h7,26H,4-6H2,1-3H3,(H2,18,20,23,24)(H2,19,21,22,25). The summed E-state index contributed by atoms with van der Waals surface area (Å²) in [6.07, 6.45) is -6.43. The number of alkyl halides is 3. The number of aliphatic hydroxyl groups excluding tert-OH is 1. The largest absolute Gasteiger partial charge is 0.416 e. The molecule has 144 valence electrons. The molecule has 0 aliphatic heterocycles. The van der Waals surface area contributed by atoms with E-state index in [9.17, 15) is 18.3 Å². The number of fused-ring (bicyclic) bond motifs is 1. The summed E-state index contributed by atoms with van der Waals surface area (Å²) in [5.74, 6) is 0.929. The van der Waals surface area contributed by atoms with E-state index in [1.165, 1.54) is 0 Å². The highest BCUT2D eigenvalue weighted by molar-refractivity contribution is 5.94. The van der Waals surface area contributed by atoms with Gasteiger partial charge in [-0.2, -0.15) is 23.1 Å². The number of anilines is 4. The van der Waals surface area contributed by atoms with Crippen molar-refractivity contribution in [2.75, 3.05) is 48.5 Å². The highest BCUT2D eigenvalue weighted by Crippen LogP contribution is 2.27. The minimum atomic E-state index is -4.74. The third kappa shape index (κ3) is 4.50. The van der Waals surface area contributed by atoms with Crippen LogP contribution < -0.4 is 21.3 Å². The fraction of sp³-hybridized carbons (Fsp3) is 0.571. The summed E-state index contributed by atoms with van der Waals surface area (Å²) in [6, 6.07) is 0. The minimum Gasteiger partial charge on any atom is -0.382 e. The monoisotopic (exact) mass is 374 g/mol. The van der Waals surface area contributed by atoms with Crippen LogP contribution in [0.5, 0.6) is 0 Å². The highest BCUT2D eigenvalue weighted by atomic mass is 19.4. The minimum absolute atomic E-state index is 0.0566. The molecule has 2 rings (SSSR count). The number of aliphatic hydroxyl groups is 1. The lowest BCUT2D eigenvalue weighted by Crippen LogP contribution is -2.35. The molecule has 0 aromatic carbocycles. The van der Waals surface area contributed by atoms with Crippen LogP contribution in [0.2, 0.25) is 0 Å². The molecule has 12 heteroatoms. The Balaban J connectivity index is 2.50. The van der Waals surface area contributed by atoms with Crippen molar-refractivity contribution in [1.82, 2.24) is 19.9 Å². The molecule has 1 unspecified atom stereocenters. The van der Waals surface area contributed by atoms with Crippen molar-refractivity contribution in [3.05, 3.63) is 0 Å². The van der Waals surface area contributed by atoms with Gasteiger partial charge in [-0.3, -0.25) is 0 Å². The molecule has 0 spiro atoms. The van der Waals surface area contributed by atoms with Crippen LogP contribution in [0.4, 0.5) is 36.7 Å². The number of rotatable bonds is 8. The fourth-order valence-electron chi connectivity index (χ4n) is 2.04. The fourth-order valence-corrected chi connectivity index (χ4v) is 2.04. The third-order valence-corrected chi connectivity index (χ3v) is 3.37. The van der Waals surface area contributed by atoms with E-state index in [0.717, 1.165) is 6.42 Å². The second kappa shape index (κ2) is 8.17. The van der Waals surface area contributed by atoms with Gasteiger partial charge in [0.2, 0.25) is 11.9 Å². The van der Waals surface area contributed by atoms with Crippen molar-refractivity contribution in [3.8, 4) is 0 Å². The van der Waals surface area contributed by atoms with Crippen molar-refractivity contribution >= 4 is 34.6 Å². The lowest BCUT2D eigenvalue weighted by Gasteiger charge is -2.17. The lowest BCUT2D eigenvalue weighted by molar-refractivity contribution is -0.198. The Morgan fingerprint density at radius 2 is 1.42 bits per heavy atom. The number of halogens is 3. The van der Waals surface area contributed by atoms with E-state index >= 15 is 0 Å². The normalized spacial score (nSPS) is 12.7. The van der Waals surface area contributed by atoms with Crippen molar-refractivity contribution in [3.63, 3.8) is 0 Å². The molecule has 9 nitrogen and oxygen atoms in total. The van der Waals surface area contributed by atoms with Gasteiger partial charge in [-0.1, -0.05) is 6.92 Å². The Morgan fingerprint density at radius 3 is 1.85 bits per heavy atom. The maximum atomic E-state index is 12.6. The molecular formula is C14H21F3N8O. The Kier molecular flexibility index (Phi) is 6.18.